The molecular formula is C18H18F3N3O2. The standard InChI is InChI=1S/C18H18F3N3O2/c19-13-4-6-15(7-5-13)23-8-10-24(11-9-23)18(25)22-14-2-1-3-16(12-14)26-17(20)21/h1-7,12,17H,8-11H2,(H,22,25). The molecule has 1 aliphatic rings. The Labute approximate surface area is 149 Å². The number of nitrogens with zero attached hydrogens (tertiary/aromatic N) is 2. The summed E-state index contributed by atoms with van der Waals surface area (Å²) in [5, 5.41) is 2.68. The second-order valence-electron chi connectivity index (χ2n) is 5.79. The molecule has 0 aromatic heterocycles. The number of ether oxygens (including phenoxy) is 1. The summed E-state index contributed by atoms with van der Waals surface area (Å²) in [7, 11) is 0. The van der Waals surface area contributed by atoms with Gasteiger partial charge >= 0.3 is 12.6 Å². The van der Waals surface area contributed by atoms with Crippen LogP contribution in [0.1, 0.15) is 0 Å². The van der Waals surface area contributed by atoms with Crippen LogP contribution in [0.25, 0.3) is 0 Å². The molecule has 2 amide bonds. The Morgan fingerprint density at radius 1 is 1.04 bits per heavy atom. The van der Waals surface area contributed by atoms with Crippen molar-refractivity contribution in [2.24, 2.45) is 0 Å². The maximum Gasteiger partial charge on any atom is 0.387 e. The summed E-state index contributed by atoms with van der Waals surface area (Å²) >= 11 is 0. The van der Waals surface area contributed by atoms with Crippen LogP contribution in [-0.4, -0.2) is 43.7 Å². The second-order valence-corrected chi connectivity index (χ2v) is 5.79. The van der Waals surface area contributed by atoms with Crippen LogP contribution >= 0.6 is 0 Å². The molecule has 1 N–H and O–H groups in total. The van der Waals surface area contributed by atoms with Crippen LogP contribution in [0.4, 0.5) is 29.3 Å². The number of nitrogens with one attached hydrogen (secondary N) is 1. The van der Waals surface area contributed by atoms with Gasteiger partial charge in [-0.15, -0.1) is 0 Å². The van der Waals surface area contributed by atoms with Gasteiger partial charge in [-0.05, 0) is 36.4 Å². The summed E-state index contributed by atoms with van der Waals surface area (Å²) < 4.78 is 41.8. The molecule has 2 aromatic carbocycles. The Balaban J connectivity index is 1.54. The molecule has 0 atom stereocenters. The summed E-state index contributed by atoms with van der Waals surface area (Å²) in [5.74, 6) is -0.302. The maximum absolute atomic E-state index is 13.0. The zero-order chi connectivity index (χ0) is 18.5. The third-order valence-corrected chi connectivity index (χ3v) is 4.07. The molecule has 138 valence electrons. The highest BCUT2D eigenvalue weighted by molar-refractivity contribution is 5.89. The van der Waals surface area contributed by atoms with Gasteiger partial charge in [0.25, 0.3) is 0 Å². The average Bonchev–Trinajstić information content (AvgIpc) is 2.62. The van der Waals surface area contributed by atoms with Crippen molar-refractivity contribution in [2.75, 3.05) is 36.4 Å². The van der Waals surface area contributed by atoms with Crippen molar-refractivity contribution in [3.8, 4) is 5.75 Å². The van der Waals surface area contributed by atoms with Crippen molar-refractivity contribution >= 4 is 17.4 Å². The van der Waals surface area contributed by atoms with Gasteiger partial charge in [-0.25, -0.2) is 9.18 Å². The number of amides is 2. The largest absolute Gasteiger partial charge is 0.435 e. The number of benzene rings is 2. The third-order valence-electron chi connectivity index (χ3n) is 4.07. The van der Waals surface area contributed by atoms with Gasteiger partial charge in [-0.1, -0.05) is 6.07 Å². The molecule has 1 saturated heterocycles. The highest BCUT2D eigenvalue weighted by atomic mass is 19.3. The van der Waals surface area contributed by atoms with Gasteiger partial charge in [0, 0.05) is 43.6 Å². The van der Waals surface area contributed by atoms with Gasteiger partial charge in [0.2, 0.25) is 0 Å². The Hall–Kier alpha value is -2.90. The lowest BCUT2D eigenvalue weighted by Crippen LogP contribution is -2.50. The highest BCUT2D eigenvalue weighted by Crippen LogP contribution is 2.21. The van der Waals surface area contributed by atoms with E-state index in [9.17, 15) is 18.0 Å². The summed E-state index contributed by atoms with van der Waals surface area (Å²) in [6, 6.07) is 11.8. The smallest absolute Gasteiger partial charge is 0.387 e. The van der Waals surface area contributed by atoms with E-state index in [-0.39, 0.29) is 17.6 Å². The van der Waals surface area contributed by atoms with Gasteiger partial charge in [0.15, 0.2) is 0 Å². The number of halogens is 3. The number of urea groups is 1. The van der Waals surface area contributed by atoms with Crippen molar-refractivity contribution in [1.29, 1.82) is 0 Å². The third kappa shape index (κ3) is 4.59. The molecule has 26 heavy (non-hydrogen) atoms. The zero-order valence-corrected chi connectivity index (χ0v) is 13.9. The van der Waals surface area contributed by atoms with Crippen LogP contribution in [-0.2, 0) is 0 Å². The van der Waals surface area contributed by atoms with Crippen molar-refractivity contribution in [1.82, 2.24) is 4.90 Å². The van der Waals surface area contributed by atoms with Crippen LogP contribution in [0.2, 0.25) is 0 Å². The number of anilines is 2. The maximum atomic E-state index is 13.0. The van der Waals surface area contributed by atoms with E-state index in [4.69, 9.17) is 0 Å². The van der Waals surface area contributed by atoms with Gasteiger partial charge in [-0.3, -0.25) is 0 Å². The average molecular weight is 365 g/mol. The number of rotatable bonds is 4. The lowest BCUT2D eigenvalue weighted by Gasteiger charge is -2.36. The first kappa shape index (κ1) is 17.9. The molecule has 0 bridgehead atoms. The monoisotopic (exact) mass is 365 g/mol. The number of carbonyl (C=O) groups excluding carboxylic acids is 1. The van der Waals surface area contributed by atoms with Gasteiger partial charge in [0.1, 0.15) is 11.6 Å². The summed E-state index contributed by atoms with van der Waals surface area (Å²) in [4.78, 5) is 16.1. The topological polar surface area (TPSA) is 44.8 Å². The number of hydrogen-bond donors (Lipinski definition) is 1. The van der Waals surface area contributed by atoms with E-state index < -0.39 is 6.61 Å². The minimum atomic E-state index is -2.92. The Bertz CT molecular complexity index is 748. The van der Waals surface area contributed by atoms with E-state index in [1.165, 1.54) is 30.3 Å². The number of alkyl halides is 2. The number of piperazine rings is 1. The van der Waals surface area contributed by atoms with Crippen LogP contribution < -0.4 is 15.0 Å². The van der Waals surface area contributed by atoms with Crippen LogP contribution in [0.3, 0.4) is 0 Å². The van der Waals surface area contributed by atoms with Crippen molar-refractivity contribution in [3.05, 3.63) is 54.3 Å². The Morgan fingerprint density at radius 3 is 2.38 bits per heavy atom. The SMILES string of the molecule is O=C(Nc1cccc(OC(F)F)c1)N1CCN(c2ccc(F)cc2)CC1. The molecule has 3 rings (SSSR count). The normalized spacial score (nSPS) is 14.5. The molecule has 0 spiro atoms. The lowest BCUT2D eigenvalue weighted by atomic mass is 10.2. The van der Waals surface area contributed by atoms with Crippen molar-refractivity contribution in [3.63, 3.8) is 0 Å². The lowest BCUT2D eigenvalue weighted by molar-refractivity contribution is -0.0497. The quantitative estimate of drug-likeness (QED) is 0.897. The summed E-state index contributed by atoms with van der Waals surface area (Å²) in [6.45, 7) is -0.686. The van der Waals surface area contributed by atoms with E-state index in [2.05, 4.69) is 15.0 Å². The molecule has 1 heterocycles. The second kappa shape index (κ2) is 7.99. The molecule has 5 nitrogen and oxygen atoms in total. The predicted molar refractivity (Wildman–Crippen MR) is 92.3 cm³/mol. The first-order valence-electron chi connectivity index (χ1n) is 8.12. The molecule has 1 fully saturated rings. The van der Waals surface area contributed by atoms with Crippen LogP contribution in [0, 0.1) is 5.82 Å². The molecule has 0 aliphatic carbocycles. The minimum Gasteiger partial charge on any atom is -0.435 e. The zero-order valence-electron chi connectivity index (χ0n) is 13.9. The fourth-order valence-electron chi connectivity index (χ4n) is 2.77. The summed E-state index contributed by atoms with van der Waals surface area (Å²) in [6.07, 6.45) is 0. The predicted octanol–water partition coefficient (Wildman–Crippen LogP) is 3.78. The fraction of sp³-hybridized carbons (Fsp3) is 0.278. The van der Waals surface area contributed by atoms with Crippen LogP contribution in [0.15, 0.2) is 48.5 Å². The van der Waals surface area contributed by atoms with E-state index in [0.29, 0.717) is 31.9 Å². The van der Waals surface area contributed by atoms with Gasteiger partial charge in [0.05, 0.1) is 0 Å². The molecule has 8 heteroatoms. The van der Waals surface area contributed by atoms with Gasteiger partial charge in [-0.2, -0.15) is 8.78 Å². The highest BCUT2D eigenvalue weighted by Gasteiger charge is 2.21. The summed E-state index contributed by atoms with van der Waals surface area (Å²) in [5.41, 5.74) is 1.29. The molecule has 2 aromatic rings. The first-order chi connectivity index (χ1) is 12.5. The van der Waals surface area contributed by atoms with E-state index in [0.717, 1.165) is 5.69 Å². The molecular weight excluding hydrogens is 347 g/mol. The van der Waals surface area contributed by atoms with E-state index in [1.807, 2.05) is 0 Å². The van der Waals surface area contributed by atoms with Gasteiger partial charge < -0.3 is 19.9 Å². The molecule has 0 radical (unpaired) electrons. The van der Waals surface area contributed by atoms with E-state index >= 15 is 0 Å². The van der Waals surface area contributed by atoms with Crippen molar-refractivity contribution in [2.45, 2.75) is 6.61 Å². The minimum absolute atomic E-state index is 0.0149. The number of carbonyl (C=O) groups is 1. The number of hydrogen-bond acceptors (Lipinski definition) is 3. The van der Waals surface area contributed by atoms with E-state index in [1.54, 1.807) is 23.1 Å². The first-order valence-corrected chi connectivity index (χ1v) is 8.12. The molecule has 1 aliphatic heterocycles. The Kier molecular flexibility index (Phi) is 5.50. The van der Waals surface area contributed by atoms with Crippen LogP contribution in [0.5, 0.6) is 5.75 Å². The Morgan fingerprint density at radius 2 is 1.73 bits per heavy atom. The fourth-order valence-corrected chi connectivity index (χ4v) is 2.77. The molecule has 0 saturated carbocycles. The van der Waals surface area contributed by atoms with Crippen molar-refractivity contribution < 1.29 is 22.7 Å². The molecule has 0 unspecified atom stereocenters.